The fraction of sp³-hybridized carbons (Fsp3) is 0.267. The standard InChI is InChI=1S/C13H14OS.C2H6/c1-4-11-6-7-13(8-12(11)5-2)15-9-10(3)14;1-2/h4-8H,1-2,9H2,3H3;1-2H3. The van der Waals surface area contributed by atoms with E-state index in [2.05, 4.69) is 13.2 Å². The summed E-state index contributed by atoms with van der Waals surface area (Å²) in [4.78, 5) is 11.9. The van der Waals surface area contributed by atoms with Crippen LogP contribution in [0.4, 0.5) is 0 Å². The number of carbonyl (C=O) groups is 1. The van der Waals surface area contributed by atoms with Crippen LogP contribution in [0.25, 0.3) is 12.2 Å². The van der Waals surface area contributed by atoms with Crippen LogP contribution in [0, 0.1) is 0 Å². The van der Waals surface area contributed by atoms with Crippen LogP contribution in [-0.4, -0.2) is 11.5 Å². The van der Waals surface area contributed by atoms with E-state index in [0.29, 0.717) is 5.75 Å². The first-order chi connectivity index (χ1) is 8.17. The number of thioether (sulfide) groups is 1. The molecule has 0 saturated carbocycles. The molecule has 0 unspecified atom stereocenters. The molecule has 0 aliphatic carbocycles. The van der Waals surface area contributed by atoms with Gasteiger partial charge in [-0.05, 0) is 30.2 Å². The Morgan fingerprint density at radius 1 is 1.24 bits per heavy atom. The minimum atomic E-state index is 0.188. The first-order valence-electron chi connectivity index (χ1n) is 5.68. The SMILES string of the molecule is C=Cc1ccc(SCC(C)=O)cc1C=C.CC. The Balaban J connectivity index is 0.00000121. The molecule has 92 valence electrons. The Hall–Kier alpha value is -1.28. The largest absolute Gasteiger partial charge is 0.299 e. The molecule has 1 nitrogen and oxygen atoms in total. The second-order valence-electron chi connectivity index (χ2n) is 3.19. The third kappa shape index (κ3) is 5.55. The molecule has 1 rings (SSSR count). The van der Waals surface area contributed by atoms with Crippen LogP contribution >= 0.6 is 11.8 Å². The van der Waals surface area contributed by atoms with Crippen molar-refractivity contribution >= 4 is 29.7 Å². The Bertz CT molecular complexity index is 394. The third-order valence-corrected chi connectivity index (χ3v) is 3.08. The van der Waals surface area contributed by atoms with E-state index in [1.807, 2.05) is 32.0 Å². The van der Waals surface area contributed by atoms with Gasteiger partial charge in [-0.15, -0.1) is 11.8 Å². The number of Topliss-reactive ketones (excluding diaryl/α,β-unsaturated/α-hetero) is 1. The van der Waals surface area contributed by atoms with Gasteiger partial charge in [-0.2, -0.15) is 0 Å². The van der Waals surface area contributed by atoms with Crippen LogP contribution in [-0.2, 0) is 4.79 Å². The van der Waals surface area contributed by atoms with Crippen molar-refractivity contribution in [2.75, 3.05) is 5.75 Å². The molecule has 0 aromatic heterocycles. The zero-order valence-electron chi connectivity index (χ0n) is 10.8. The molecular formula is C15H20OS. The first kappa shape index (κ1) is 15.7. The van der Waals surface area contributed by atoms with Crippen molar-refractivity contribution in [1.82, 2.24) is 0 Å². The predicted molar refractivity (Wildman–Crippen MR) is 79.4 cm³/mol. The highest BCUT2D eigenvalue weighted by molar-refractivity contribution is 8.00. The molecule has 0 spiro atoms. The van der Waals surface area contributed by atoms with E-state index in [0.717, 1.165) is 16.0 Å². The molecule has 0 aliphatic rings. The van der Waals surface area contributed by atoms with Gasteiger partial charge in [-0.3, -0.25) is 4.79 Å². The maximum absolute atomic E-state index is 10.8. The van der Waals surface area contributed by atoms with Crippen LogP contribution in [0.2, 0.25) is 0 Å². The molecule has 0 amide bonds. The summed E-state index contributed by atoms with van der Waals surface area (Å²) in [5.41, 5.74) is 2.12. The van der Waals surface area contributed by atoms with E-state index in [9.17, 15) is 4.79 Å². The zero-order valence-corrected chi connectivity index (χ0v) is 11.6. The molecule has 0 N–H and O–H groups in total. The monoisotopic (exact) mass is 248 g/mol. The normalized spacial score (nSPS) is 8.88. The Morgan fingerprint density at radius 2 is 1.82 bits per heavy atom. The average Bonchev–Trinajstić information content (AvgIpc) is 2.38. The lowest BCUT2D eigenvalue weighted by atomic mass is 10.1. The summed E-state index contributed by atoms with van der Waals surface area (Å²) < 4.78 is 0. The fourth-order valence-electron chi connectivity index (χ4n) is 1.19. The van der Waals surface area contributed by atoms with Gasteiger partial charge in [0.2, 0.25) is 0 Å². The minimum Gasteiger partial charge on any atom is -0.299 e. The molecule has 17 heavy (non-hydrogen) atoms. The lowest BCUT2D eigenvalue weighted by molar-refractivity contribution is -0.114. The van der Waals surface area contributed by atoms with Crippen LogP contribution in [0.5, 0.6) is 0 Å². The summed E-state index contributed by atoms with van der Waals surface area (Å²) in [7, 11) is 0. The highest BCUT2D eigenvalue weighted by atomic mass is 32.2. The summed E-state index contributed by atoms with van der Waals surface area (Å²) in [6.45, 7) is 13.1. The van der Waals surface area contributed by atoms with E-state index < -0.39 is 0 Å². The number of rotatable bonds is 5. The molecule has 0 heterocycles. The van der Waals surface area contributed by atoms with Gasteiger partial charge in [0.05, 0.1) is 5.75 Å². The van der Waals surface area contributed by atoms with Crippen molar-refractivity contribution in [1.29, 1.82) is 0 Å². The zero-order chi connectivity index (χ0) is 13.3. The number of hydrogen-bond acceptors (Lipinski definition) is 2. The smallest absolute Gasteiger partial charge is 0.140 e. The van der Waals surface area contributed by atoms with E-state index in [-0.39, 0.29) is 5.78 Å². The summed E-state index contributed by atoms with van der Waals surface area (Å²) >= 11 is 1.55. The topological polar surface area (TPSA) is 17.1 Å². The molecule has 1 aromatic rings. The van der Waals surface area contributed by atoms with Crippen LogP contribution in [0.1, 0.15) is 31.9 Å². The molecule has 1 aromatic carbocycles. The van der Waals surface area contributed by atoms with Gasteiger partial charge < -0.3 is 0 Å². The van der Waals surface area contributed by atoms with E-state index in [4.69, 9.17) is 0 Å². The summed E-state index contributed by atoms with van der Waals surface area (Å²) in [6.07, 6.45) is 3.60. The molecule has 0 atom stereocenters. The summed E-state index contributed by atoms with van der Waals surface area (Å²) in [5, 5.41) is 0. The van der Waals surface area contributed by atoms with Gasteiger partial charge in [-0.1, -0.05) is 45.2 Å². The Labute approximate surface area is 109 Å². The van der Waals surface area contributed by atoms with Crippen LogP contribution < -0.4 is 0 Å². The van der Waals surface area contributed by atoms with Crippen molar-refractivity contribution in [3.8, 4) is 0 Å². The Kier molecular flexibility index (Phi) is 8.16. The second kappa shape index (κ2) is 8.82. The van der Waals surface area contributed by atoms with Gasteiger partial charge in [0, 0.05) is 4.90 Å². The quantitative estimate of drug-likeness (QED) is 0.704. The van der Waals surface area contributed by atoms with Crippen LogP contribution in [0.15, 0.2) is 36.3 Å². The molecule has 0 fully saturated rings. The molecule has 0 aliphatic heterocycles. The Morgan fingerprint density at radius 3 is 2.29 bits per heavy atom. The van der Waals surface area contributed by atoms with Crippen LogP contribution in [0.3, 0.4) is 0 Å². The van der Waals surface area contributed by atoms with Gasteiger partial charge in [0.25, 0.3) is 0 Å². The molecular weight excluding hydrogens is 228 g/mol. The van der Waals surface area contributed by atoms with Gasteiger partial charge >= 0.3 is 0 Å². The molecule has 2 heteroatoms. The second-order valence-corrected chi connectivity index (χ2v) is 4.24. The van der Waals surface area contributed by atoms with Crippen molar-refractivity contribution in [2.45, 2.75) is 25.7 Å². The van der Waals surface area contributed by atoms with Gasteiger partial charge in [-0.25, -0.2) is 0 Å². The molecule has 0 bridgehead atoms. The lowest BCUT2D eigenvalue weighted by Crippen LogP contribution is -1.93. The third-order valence-electron chi connectivity index (χ3n) is 1.94. The van der Waals surface area contributed by atoms with E-state index >= 15 is 0 Å². The molecule has 0 radical (unpaired) electrons. The predicted octanol–water partition coefficient (Wildman–Crippen LogP) is 4.68. The van der Waals surface area contributed by atoms with E-state index in [1.165, 1.54) is 0 Å². The number of benzene rings is 1. The highest BCUT2D eigenvalue weighted by Gasteiger charge is 2.00. The van der Waals surface area contributed by atoms with Crippen molar-refractivity contribution in [3.05, 3.63) is 42.5 Å². The van der Waals surface area contributed by atoms with Gasteiger partial charge in [0.1, 0.15) is 5.78 Å². The summed E-state index contributed by atoms with van der Waals surface area (Å²) in [5.74, 6) is 0.706. The first-order valence-corrected chi connectivity index (χ1v) is 6.67. The number of ketones is 1. The van der Waals surface area contributed by atoms with E-state index in [1.54, 1.807) is 30.8 Å². The number of carbonyl (C=O) groups excluding carboxylic acids is 1. The van der Waals surface area contributed by atoms with Crippen molar-refractivity contribution in [2.24, 2.45) is 0 Å². The molecule has 0 saturated heterocycles. The average molecular weight is 248 g/mol. The lowest BCUT2D eigenvalue weighted by Gasteiger charge is -2.04. The summed E-state index contributed by atoms with van der Waals surface area (Å²) in [6, 6.07) is 6.02. The maximum atomic E-state index is 10.8. The fourth-order valence-corrected chi connectivity index (χ4v) is 1.93. The number of hydrogen-bond donors (Lipinski definition) is 0. The van der Waals surface area contributed by atoms with Gasteiger partial charge in [0.15, 0.2) is 0 Å². The van der Waals surface area contributed by atoms with Crippen molar-refractivity contribution in [3.63, 3.8) is 0 Å². The minimum absolute atomic E-state index is 0.188. The van der Waals surface area contributed by atoms with Crippen molar-refractivity contribution < 1.29 is 4.79 Å². The highest BCUT2D eigenvalue weighted by Crippen LogP contribution is 2.23. The maximum Gasteiger partial charge on any atom is 0.140 e.